The van der Waals surface area contributed by atoms with Crippen LogP contribution in [-0.4, -0.2) is 27.6 Å². The van der Waals surface area contributed by atoms with Crippen molar-refractivity contribution in [2.45, 2.75) is 39.0 Å². The van der Waals surface area contributed by atoms with Crippen molar-refractivity contribution in [3.63, 3.8) is 0 Å². The molecule has 3 rings (SSSR count). The first-order valence-corrected chi connectivity index (χ1v) is 9.31. The van der Waals surface area contributed by atoms with Crippen LogP contribution in [0.15, 0.2) is 60.8 Å². The molecule has 1 heterocycles. The van der Waals surface area contributed by atoms with E-state index in [1.165, 1.54) is 25.7 Å². The van der Waals surface area contributed by atoms with Crippen LogP contribution in [0.25, 0.3) is 11.3 Å². The molecular weight excluding hydrogens is 338 g/mol. The zero-order valence-electron chi connectivity index (χ0n) is 16.0. The number of phenolic OH excluding ortho intramolecular Hbond substituents is 1. The summed E-state index contributed by atoms with van der Waals surface area (Å²) >= 11 is 0. The van der Waals surface area contributed by atoms with Crippen LogP contribution < -0.4 is 4.74 Å². The molecule has 0 saturated carbocycles. The quantitative estimate of drug-likeness (QED) is 0.593. The summed E-state index contributed by atoms with van der Waals surface area (Å²) in [4.78, 5) is 0. The highest BCUT2D eigenvalue weighted by Gasteiger charge is 2.05. The van der Waals surface area contributed by atoms with E-state index in [-0.39, 0.29) is 0 Å². The number of methoxy groups -OCH3 is 1. The van der Waals surface area contributed by atoms with E-state index >= 15 is 0 Å². The molecule has 3 aromatic rings. The summed E-state index contributed by atoms with van der Waals surface area (Å²) in [7, 11) is 1.63. The van der Waals surface area contributed by atoms with Crippen molar-refractivity contribution in [2.24, 2.45) is 0 Å². The van der Waals surface area contributed by atoms with Gasteiger partial charge in [-0.05, 0) is 47.9 Å². The highest BCUT2D eigenvalue weighted by atomic mass is 16.5. The Morgan fingerprint density at radius 3 is 2.41 bits per heavy atom. The van der Waals surface area contributed by atoms with Gasteiger partial charge in [-0.1, -0.05) is 56.5 Å². The van der Waals surface area contributed by atoms with E-state index < -0.39 is 0 Å². The molecule has 5 heteroatoms. The predicted molar refractivity (Wildman–Crippen MR) is 108 cm³/mol. The Hall–Kier alpha value is -2.95. The molecule has 2 aromatic carbocycles. The fourth-order valence-corrected chi connectivity index (χ4v) is 2.71. The van der Waals surface area contributed by atoms with Crippen molar-refractivity contribution < 1.29 is 9.84 Å². The Balaban J connectivity index is 0.000000194. The summed E-state index contributed by atoms with van der Waals surface area (Å²) in [6.45, 7) is 2.21. The number of benzene rings is 2. The molecule has 0 fully saturated rings. The van der Waals surface area contributed by atoms with Gasteiger partial charge in [0.05, 0.1) is 13.3 Å². The van der Waals surface area contributed by atoms with E-state index in [9.17, 15) is 5.11 Å². The lowest BCUT2D eigenvalue weighted by Crippen LogP contribution is -1.92. The molecule has 0 saturated heterocycles. The fourth-order valence-electron chi connectivity index (χ4n) is 2.71. The van der Waals surface area contributed by atoms with E-state index in [1.807, 2.05) is 42.5 Å². The van der Waals surface area contributed by atoms with Crippen molar-refractivity contribution in [1.82, 2.24) is 15.4 Å². The molecule has 0 unspecified atom stereocenters. The van der Waals surface area contributed by atoms with Gasteiger partial charge in [0.1, 0.15) is 17.2 Å². The zero-order chi connectivity index (χ0) is 19.3. The minimum Gasteiger partial charge on any atom is -0.508 e. The molecule has 0 spiro atoms. The van der Waals surface area contributed by atoms with Crippen LogP contribution in [0.3, 0.4) is 0 Å². The molecule has 27 heavy (non-hydrogen) atoms. The minimum absolute atomic E-state index is 0.444. The zero-order valence-corrected chi connectivity index (χ0v) is 16.0. The monoisotopic (exact) mass is 365 g/mol. The summed E-state index contributed by atoms with van der Waals surface area (Å²) in [6.07, 6.45) is 7.63. The smallest absolute Gasteiger partial charge is 0.128 e. The maximum absolute atomic E-state index is 9.47. The molecule has 1 N–H and O–H groups in total. The molecule has 1 aromatic heterocycles. The molecule has 5 nitrogen and oxygen atoms in total. The largest absolute Gasteiger partial charge is 0.508 e. The van der Waals surface area contributed by atoms with Crippen LogP contribution in [0.4, 0.5) is 0 Å². The number of phenols is 1. The minimum atomic E-state index is 0.444. The lowest BCUT2D eigenvalue weighted by atomic mass is 10.1. The van der Waals surface area contributed by atoms with Gasteiger partial charge in [0.25, 0.3) is 0 Å². The number of aromatic hydroxyl groups is 1. The van der Waals surface area contributed by atoms with Crippen molar-refractivity contribution in [2.75, 3.05) is 7.11 Å². The average Bonchev–Trinajstić information content (AvgIpc) is 2.73. The fraction of sp³-hybridized carbons (Fsp3) is 0.318. The normalized spacial score (nSPS) is 10.0. The van der Waals surface area contributed by atoms with Gasteiger partial charge in [-0.2, -0.15) is 0 Å². The maximum Gasteiger partial charge on any atom is 0.128 e. The molecular formula is C22H27N3O2. The van der Waals surface area contributed by atoms with Crippen LogP contribution in [0.2, 0.25) is 0 Å². The molecule has 0 radical (unpaired) electrons. The van der Waals surface area contributed by atoms with Gasteiger partial charge in [-0.25, -0.2) is 0 Å². The van der Waals surface area contributed by atoms with Gasteiger partial charge in [0, 0.05) is 5.56 Å². The first-order valence-electron chi connectivity index (χ1n) is 9.31. The number of hydrogen-bond donors (Lipinski definition) is 1. The number of unbranched alkanes of at least 4 members (excludes halogenated alkanes) is 3. The lowest BCUT2D eigenvalue weighted by molar-refractivity contribution is 0.416. The van der Waals surface area contributed by atoms with E-state index in [0.29, 0.717) is 5.75 Å². The van der Waals surface area contributed by atoms with Crippen LogP contribution in [-0.2, 0) is 6.42 Å². The topological polar surface area (TPSA) is 68.1 Å². The van der Waals surface area contributed by atoms with E-state index in [4.69, 9.17) is 4.74 Å². The van der Waals surface area contributed by atoms with Gasteiger partial charge in [0.2, 0.25) is 0 Å². The predicted octanol–water partition coefficient (Wildman–Crippen LogP) is 5.06. The Morgan fingerprint density at radius 2 is 1.70 bits per heavy atom. The summed E-state index contributed by atoms with van der Waals surface area (Å²) < 4.78 is 5.21. The third kappa shape index (κ3) is 6.70. The first kappa shape index (κ1) is 20.4. The van der Waals surface area contributed by atoms with Gasteiger partial charge in [-0.3, -0.25) is 0 Å². The molecule has 0 aliphatic heterocycles. The SMILES string of the molecule is CCCCCCc1ccccc1O.COc1ccccc1-c1ccnnn1. The van der Waals surface area contributed by atoms with Gasteiger partial charge < -0.3 is 9.84 Å². The average molecular weight is 365 g/mol. The van der Waals surface area contributed by atoms with Gasteiger partial charge in [-0.15, -0.1) is 10.2 Å². The number of rotatable bonds is 7. The van der Waals surface area contributed by atoms with E-state index in [2.05, 4.69) is 22.3 Å². The van der Waals surface area contributed by atoms with Crippen molar-refractivity contribution in [3.05, 3.63) is 66.4 Å². The third-order valence-corrected chi connectivity index (χ3v) is 4.18. The Labute approximate surface area is 161 Å². The second-order valence-electron chi connectivity index (χ2n) is 6.15. The molecule has 142 valence electrons. The number of aromatic nitrogens is 3. The highest BCUT2D eigenvalue weighted by Crippen LogP contribution is 2.26. The summed E-state index contributed by atoms with van der Waals surface area (Å²) in [5.41, 5.74) is 2.76. The Morgan fingerprint density at radius 1 is 0.926 bits per heavy atom. The number of ether oxygens (including phenoxy) is 1. The Kier molecular flexibility index (Phi) is 8.77. The third-order valence-electron chi connectivity index (χ3n) is 4.18. The van der Waals surface area contributed by atoms with Crippen LogP contribution in [0.5, 0.6) is 11.5 Å². The molecule has 0 atom stereocenters. The molecule has 0 amide bonds. The number of hydrogen-bond acceptors (Lipinski definition) is 5. The summed E-state index contributed by atoms with van der Waals surface area (Å²) in [6, 6.07) is 17.1. The second kappa shape index (κ2) is 11.6. The second-order valence-corrected chi connectivity index (χ2v) is 6.15. The van der Waals surface area contributed by atoms with E-state index in [1.54, 1.807) is 25.4 Å². The Bertz CT molecular complexity index is 794. The van der Waals surface area contributed by atoms with Crippen LogP contribution in [0, 0.1) is 0 Å². The van der Waals surface area contributed by atoms with E-state index in [0.717, 1.165) is 29.0 Å². The number of aryl methyl sites for hydroxylation is 1. The molecule has 0 bridgehead atoms. The van der Waals surface area contributed by atoms with Gasteiger partial charge >= 0.3 is 0 Å². The van der Waals surface area contributed by atoms with Crippen molar-refractivity contribution >= 4 is 0 Å². The van der Waals surface area contributed by atoms with Gasteiger partial charge in [0.15, 0.2) is 0 Å². The summed E-state index contributed by atoms with van der Waals surface area (Å²) in [5, 5.41) is 20.6. The molecule has 0 aliphatic rings. The van der Waals surface area contributed by atoms with Crippen molar-refractivity contribution in [1.29, 1.82) is 0 Å². The van der Waals surface area contributed by atoms with Crippen molar-refractivity contribution in [3.8, 4) is 22.8 Å². The van der Waals surface area contributed by atoms with Crippen LogP contribution >= 0.6 is 0 Å². The lowest BCUT2D eigenvalue weighted by Gasteiger charge is -2.05. The number of para-hydroxylation sites is 2. The maximum atomic E-state index is 9.47. The summed E-state index contributed by atoms with van der Waals surface area (Å²) in [5.74, 6) is 1.23. The highest BCUT2D eigenvalue weighted by molar-refractivity contribution is 5.66. The first-order chi connectivity index (χ1) is 13.3. The standard InChI is InChI=1S/C12H18O.C10H9N3O/c1-2-3-4-5-8-11-9-6-7-10-12(11)13;1-14-10-5-3-2-4-8(10)9-6-7-11-13-12-9/h6-7,9-10,13H,2-5,8H2,1H3;2-7H,1H3. The van der Waals surface area contributed by atoms with Crippen LogP contribution in [0.1, 0.15) is 38.2 Å². The molecule has 0 aliphatic carbocycles. The number of nitrogens with zero attached hydrogens (tertiary/aromatic N) is 3.